The van der Waals surface area contributed by atoms with Crippen molar-refractivity contribution in [1.82, 2.24) is 25.2 Å². The topological polar surface area (TPSA) is 95.9 Å². The molecule has 0 spiro atoms. The van der Waals surface area contributed by atoms with Crippen LogP contribution in [0.15, 0.2) is 30.3 Å². The molecule has 1 unspecified atom stereocenters. The highest BCUT2D eigenvalue weighted by Crippen LogP contribution is 2.45. The molecular formula is C34H36F2N6O3. The maximum atomic E-state index is 17.0. The molecule has 5 aliphatic rings. The van der Waals surface area contributed by atoms with Gasteiger partial charge in [0.05, 0.1) is 11.6 Å². The Morgan fingerprint density at radius 1 is 1.16 bits per heavy atom. The molecule has 2 N–H and O–H groups in total. The van der Waals surface area contributed by atoms with E-state index in [0.717, 1.165) is 55.0 Å². The van der Waals surface area contributed by atoms with Gasteiger partial charge in [-0.15, -0.1) is 0 Å². The van der Waals surface area contributed by atoms with Crippen molar-refractivity contribution in [3.05, 3.63) is 41.7 Å². The van der Waals surface area contributed by atoms with E-state index in [9.17, 15) is 9.50 Å². The number of halogens is 2. The molecule has 2 aromatic heterocycles. The fourth-order valence-electron chi connectivity index (χ4n) is 8.78. The maximum Gasteiger partial charge on any atom is 0.319 e. The summed E-state index contributed by atoms with van der Waals surface area (Å²) in [7, 11) is 0. The highest BCUT2D eigenvalue weighted by molar-refractivity contribution is 6.03. The Morgan fingerprint density at radius 2 is 2.07 bits per heavy atom. The lowest BCUT2D eigenvalue weighted by Gasteiger charge is -2.40. The van der Waals surface area contributed by atoms with Crippen LogP contribution in [0.25, 0.3) is 32.9 Å². The summed E-state index contributed by atoms with van der Waals surface area (Å²) in [5, 5.41) is 16.5. The number of phenols is 1. The largest absolute Gasteiger partial charge is 0.508 e. The lowest BCUT2D eigenvalue weighted by atomic mass is 9.95. The third kappa shape index (κ3) is 4.19. The molecule has 4 aromatic rings. The van der Waals surface area contributed by atoms with E-state index in [0.29, 0.717) is 48.9 Å². The van der Waals surface area contributed by atoms with Crippen LogP contribution in [0, 0.1) is 5.82 Å². The highest BCUT2D eigenvalue weighted by Gasteiger charge is 2.50. The molecule has 9 nitrogen and oxygen atoms in total. The third-order valence-corrected chi connectivity index (χ3v) is 10.8. The van der Waals surface area contributed by atoms with Gasteiger partial charge in [0, 0.05) is 37.2 Å². The van der Waals surface area contributed by atoms with Gasteiger partial charge in [0.25, 0.3) is 0 Å². The second-order valence-electron chi connectivity index (χ2n) is 13.4. The Balaban J connectivity index is 1.24. The zero-order valence-electron chi connectivity index (χ0n) is 25.2. The number of benzene rings is 2. The second kappa shape index (κ2) is 10.1. The van der Waals surface area contributed by atoms with E-state index in [1.165, 1.54) is 0 Å². The number of aryl methyl sites for hydroxylation is 1. The van der Waals surface area contributed by atoms with Crippen LogP contribution in [0.4, 0.5) is 14.6 Å². The quantitative estimate of drug-likeness (QED) is 0.325. The number of ether oxygens (including phenoxy) is 2. The summed E-state index contributed by atoms with van der Waals surface area (Å²) in [6, 6.07) is 9.68. The Hall–Kier alpha value is -3.83. The molecule has 5 aliphatic heterocycles. The number of phenolic OH excluding ortho intramolecular Hbond substituents is 1. The van der Waals surface area contributed by atoms with Gasteiger partial charge >= 0.3 is 6.01 Å². The predicted octanol–water partition coefficient (Wildman–Crippen LogP) is 4.91. The van der Waals surface area contributed by atoms with Crippen LogP contribution in [-0.4, -0.2) is 87.6 Å². The molecular weight excluding hydrogens is 578 g/mol. The monoisotopic (exact) mass is 614 g/mol. The average molecular weight is 615 g/mol. The average Bonchev–Trinajstić information content (AvgIpc) is 3.67. The van der Waals surface area contributed by atoms with E-state index in [1.54, 1.807) is 12.1 Å². The van der Waals surface area contributed by atoms with Crippen LogP contribution in [0.5, 0.6) is 17.6 Å². The normalized spacial score (nSPS) is 28.7. The number of hydrogen-bond donors (Lipinski definition) is 2. The number of pyridine rings is 1. The number of aromatic hydroxyl groups is 1. The number of aromatic nitrogens is 3. The first-order valence-corrected chi connectivity index (χ1v) is 16.2. The SMILES string of the molecule is CCc1cccc2cc(O)cc(-c3nc4c5c(nc(OC[C@@]67CCCN6C[C@H](F)C7)nc5c3F)N3CC5CC[C@H](N5)[C@@H]3CO4)c12. The van der Waals surface area contributed by atoms with Crippen molar-refractivity contribution in [2.75, 3.05) is 37.7 Å². The predicted molar refractivity (Wildman–Crippen MR) is 166 cm³/mol. The third-order valence-electron chi connectivity index (χ3n) is 10.8. The molecule has 45 heavy (non-hydrogen) atoms. The minimum atomic E-state index is -0.885. The Kier molecular flexibility index (Phi) is 6.16. The van der Waals surface area contributed by atoms with Gasteiger partial charge in [0.1, 0.15) is 47.5 Å². The number of anilines is 1. The van der Waals surface area contributed by atoms with E-state index in [2.05, 4.69) is 20.1 Å². The van der Waals surface area contributed by atoms with Crippen LogP contribution in [0.1, 0.15) is 44.6 Å². The standard InChI is InChI=1S/C34H36F2N6O3/c1-2-18-5-3-6-19-11-22(43)12-23(26(18)19)29-28(36)30-27-31(42-15-21-7-8-24(37-21)25(42)16-44-32(27)38-29)40-33(39-30)45-17-34-9-4-10-41(34)14-20(35)13-34/h3,5-6,11-12,20-21,24-25,37,43H,2,4,7-10,13-17H2,1H3/t20-,21?,24+,25+,34+/m1/s1. The van der Waals surface area contributed by atoms with E-state index < -0.39 is 17.5 Å². The zero-order chi connectivity index (χ0) is 30.4. The van der Waals surface area contributed by atoms with Crippen molar-refractivity contribution in [2.24, 2.45) is 0 Å². The highest BCUT2D eigenvalue weighted by atomic mass is 19.1. The molecule has 9 rings (SSSR count). The van der Waals surface area contributed by atoms with Crippen LogP contribution in [0.2, 0.25) is 0 Å². The number of piperazine rings is 1. The van der Waals surface area contributed by atoms with Crippen LogP contribution >= 0.6 is 0 Å². The summed E-state index contributed by atoms with van der Waals surface area (Å²) >= 11 is 0. The van der Waals surface area contributed by atoms with Crippen molar-refractivity contribution in [3.8, 4) is 28.9 Å². The lowest BCUT2D eigenvalue weighted by molar-refractivity contribution is 0.107. The van der Waals surface area contributed by atoms with Gasteiger partial charge in [-0.25, -0.2) is 13.8 Å². The van der Waals surface area contributed by atoms with Crippen molar-refractivity contribution in [1.29, 1.82) is 0 Å². The summed E-state index contributed by atoms with van der Waals surface area (Å²) in [6.45, 7) is 4.63. The molecule has 0 radical (unpaired) electrons. The molecule has 0 aliphatic carbocycles. The first kappa shape index (κ1) is 27.5. The smallest absolute Gasteiger partial charge is 0.319 e. The van der Waals surface area contributed by atoms with Gasteiger partial charge in [-0.3, -0.25) is 4.90 Å². The van der Waals surface area contributed by atoms with E-state index in [1.807, 2.05) is 25.1 Å². The maximum absolute atomic E-state index is 17.0. The van der Waals surface area contributed by atoms with Crippen molar-refractivity contribution in [3.63, 3.8) is 0 Å². The molecule has 7 heterocycles. The summed E-state index contributed by atoms with van der Waals surface area (Å²) in [5.41, 5.74) is 1.24. The van der Waals surface area contributed by atoms with Crippen LogP contribution < -0.4 is 19.7 Å². The molecule has 4 fully saturated rings. The molecule has 0 saturated carbocycles. The number of nitrogens with one attached hydrogen (secondary N) is 1. The van der Waals surface area contributed by atoms with Crippen molar-refractivity contribution in [2.45, 2.75) is 75.3 Å². The van der Waals surface area contributed by atoms with Gasteiger partial charge in [-0.1, -0.05) is 25.1 Å². The van der Waals surface area contributed by atoms with Gasteiger partial charge in [-0.2, -0.15) is 9.97 Å². The second-order valence-corrected chi connectivity index (χ2v) is 13.4. The molecule has 2 aromatic carbocycles. The fraction of sp³-hybridized carbons (Fsp3) is 0.500. The zero-order valence-corrected chi connectivity index (χ0v) is 25.2. The van der Waals surface area contributed by atoms with E-state index in [4.69, 9.17) is 19.4 Å². The van der Waals surface area contributed by atoms with E-state index in [-0.39, 0.29) is 47.5 Å². The first-order valence-electron chi connectivity index (χ1n) is 16.2. The number of nitrogens with zero attached hydrogens (tertiary/aromatic N) is 5. The molecule has 234 valence electrons. The summed E-state index contributed by atoms with van der Waals surface area (Å²) < 4.78 is 44.3. The first-order chi connectivity index (χ1) is 21.9. The van der Waals surface area contributed by atoms with Crippen LogP contribution in [0.3, 0.4) is 0 Å². The van der Waals surface area contributed by atoms with Gasteiger partial charge in [-0.05, 0) is 67.1 Å². The van der Waals surface area contributed by atoms with Crippen molar-refractivity contribution < 1.29 is 23.4 Å². The number of fused-ring (bicyclic) bond motifs is 7. The Labute approximate surface area is 259 Å². The number of rotatable bonds is 5. The summed E-state index contributed by atoms with van der Waals surface area (Å²) in [4.78, 5) is 18.8. The molecule has 5 atom stereocenters. The molecule has 2 bridgehead atoms. The van der Waals surface area contributed by atoms with Gasteiger partial charge in [0.2, 0.25) is 5.88 Å². The molecule has 0 amide bonds. The van der Waals surface area contributed by atoms with Gasteiger partial charge < -0.3 is 24.8 Å². The fourth-order valence-corrected chi connectivity index (χ4v) is 8.78. The molecule has 11 heteroatoms. The Bertz CT molecular complexity index is 1860. The lowest BCUT2D eigenvalue weighted by Crippen LogP contribution is -2.60. The summed E-state index contributed by atoms with van der Waals surface area (Å²) in [6.07, 6.45) is 4.18. The van der Waals surface area contributed by atoms with Crippen molar-refractivity contribution >= 4 is 27.5 Å². The van der Waals surface area contributed by atoms with Crippen LogP contribution in [-0.2, 0) is 6.42 Å². The van der Waals surface area contributed by atoms with E-state index >= 15 is 4.39 Å². The summed E-state index contributed by atoms with van der Waals surface area (Å²) in [5.74, 6) is 0.240. The minimum absolute atomic E-state index is 0.0187. The minimum Gasteiger partial charge on any atom is -0.508 e. The number of alkyl halides is 1. The number of hydrogen-bond acceptors (Lipinski definition) is 9. The molecule has 4 saturated heterocycles. The Morgan fingerprint density at radius 3 is 2.96 bits per heavy atom. The van der Waals surface area contributed by atoms with Gasteiger partial charge in [0.15, 0.2) is 5.82 Å².